The van der Waals surface area contributed by atoms with E-state index in [0.29, 0.717) is 13.0 Å². The van der Waals surface area contributed by atoms with Crippen LogP contribution in [0.15, 0.2) is 30.3 Å². The van der Waals surface area contributed by atoms with Crippen molar-refractivity contribution in [2.45, 2.75) is 44.8 Å². The molecule has 1 aromatic rings. The summed E-state index contributed by atoms with van der Waals surface area (Å²) in [6.07, 6.45) is 3.66. The maximum Gasteiger partial charge on any atom is 0.408 e. The fourth-order valence-electron chi connectivity index (χ4n) is 3.53. The molecule has 7 heteroatoms. The molecule has 1 unspecified atom stereocenters. The van der Waals surface area contributed by atoms with E-state index in [4.69, 9.17) is 4.74 Å². The molecule has 1 atom stereocenters. The van der Waals surface area contributed by atoms with Crippen LogP contribution in [0, 0.1) is 0 Å². The van der Waals surface area contributed by atoms with Gasteiger partial charge in [-0.25, -0.2) is 4.79 Å². The SMILES string of the molecule is O=C(NC1CCCCN(CC(=O)N2CCCC2)C1=O)OCc1ccccc1. The van der Waals surface area contributed by atoms with Gasteiger partial charge in [-0.2, -0.15) is 0 Å². The van der Waals surface area contributed by atoms with Gasteiger partial charge in [0.15, 0.2) is 0 Å². The fourth-order valence-corrected chi connectivity index (χ4v) is 3.53. The molecule has 2 aliphatic heterocycles. The minimum absolute atomic E-state index is 0.00634. The van der Waals surface area contributed by atoms with E-state index in [0.717, 1.165) is 44.3 Å². The molecule has 146 valence electrons. The highest BCUT2D eigenvalue weighted by Gasteiger charge is 2.31. The van der Waals surface area contributed by atoms with Gasteiger partial charge in [0.25, 0.3) is 0 Å². The molecule has 1 aromatic carbocycles. The summed E-state index contributed by atoms with van der Waals surface area (Å²) in [6, 6.07) is 8.75. The van der Waals surface area contributed by atoms with Crippen LogP contribution in [0.4, 0.5) is 4.79 Å². The van der Waals surface area contributed by atoms with Gasteiger partial charge in [0.2, 0.25) is 11.8 Å². The van der Waals surface area contributed by atoms with Gasteiger partial charge in [-0.05, 0) is 37.7 Å². The zero-order valence-electron chi connectivity index (χ0n) is 15.6. The highest BCUT2D eigenvalue weighted by molar-refractivity contribution is 5.89. The van der Waals surface area contributed by atoms with E-state index in [9.17, 15) is 14.4 Å². The van der Waals surface area contributed by atoms with E-state index in [1.165, 1.54) is 0 Å². The van der Waals surface area contributed by atoms with E-state index in [-0.39, 0.29) is 25.0 Å². The van der Waals surface area contributed by atoms with Crippen molar-refractivity contribution in [3.8, 4) is 0 Å². The smallest absolute Gasteiger partial charge is 0.408 e. The van der Waals surface area contributed by atoms with Gasteiger partial charge < -0.3 is 19.9 Å². The topological polar surface area (TPSA) is 79.0 Å². The Morgan fingerprint density at radius 2 is 1.74 bits per heavy atom. The van der Waals surface area contributed by atoms with E-state index in [1.807, 2.05) is 35.2 Å². The third-order valence-electron chi connectivity index (χ3n) is 5.07. The van der Waals surface area contributed by atoms with E-state index >= 15 is 0 Å². The fraction of sp³-hybridized carbons (Fsp3) is 0.550. The maximum absolute atomic E-state index is 12.8. The molecule has 0 radical (unpaired) electrons. The molecule has 3 rings (SSSR count). The lowest BCUT2D eigenvalue weighted by Gasteiger charge is -2.26. The van der Waals surface area contributed by atoms with Crippen molar-refractivity contribution in [1.29, 1.82) is 0 Å². The highest BCUT2D eigenvalue weighted by atomic mass is 16.5. The molecular weight excluding hydrogens is 346 g/mol. The summed E-state index contributed by atoms with van der Waals surface area (Å²) in [4.78, 5) is 40.7. The Bertz CT molecular complexity index is 658. The first kappa shape index (κ1) is 19.2. The van der Waals surface area contributed by atoms with Crippen LogP contribution in [0.3, 0.4) is 0 Å². The Kier molecular flexibility index (Phi) is 6.68. The van der Waals surface area contributed by atoms with Crippen LogP contribution in [0.2, 0.25) is 0 Å². The standard InChI is InChI=1S/C20H27N3O4/c24-18(22-11-6-7-12-22)14-23-13-5-4-10-17(19(23)25)21-20(26)27-15-16-8-2-1-3-9-16/h1-3,8-9,17H,4-7,10-15H2,(H,21,26). The number of nitrogens with one attached hydrogen (secondary N) is 1. The van der Waals surface area contributed by atoms with Crippen LogP contribution < -0.4 is 5.32 Å². The van der Waals surface area contributed by atoms with E-state index < -0.39 is 12.1 Å². The lowest BCUT2D eigenvalue weighted by Crippen LogP contribution is -2.50. The zero-order chi connectivity index (χ0) is 19.1. The van der Waals surface area contributed by atoms with Gasteiger partial charge in [0.1, 0.15) is 12.6 Å². The van der Waals surface area contributed by atoms with Crippen LogP contribution in [0.1, 0.15) is 37.7 Å². The van der Waals surface area contributed by atoms with Gasteiger partial charge in [-0.1, -0.05) is 30.3 Å². The average Bonchev–Trinajstić information content (AvgIpc) is 3.17. The summed E-state index contributed by atoms with van der Waals surface area (Å²) in [5, 5.41) is 2.67. The van der Waals surface area contributed by atoms with Crippen molar-refractivity contribution in [3.05, 3.63) is 35.9 Å². The van der Waals surface area contributed by atoms with Gasteiger partial charge >= 0.3 is 6.09 Å². The molecule has 0 bridgehead atoms. The Labute approximate surface area is 159 Å². The summed E-state index contributed by atoms with van der Waals surface area (Å²) in [6.45, 7) is 2.35. The van der Waals surface area contributed by atoms with Crippen LogP contribution >= 0.6 is 0 Å². The second kappa shape index (κ2) is 9.39. The molecule has 0 aromatic heterocycles. The number of rotatable bonds is 5. The van der Waals surface area contributed by atoms with Crippen LogP contribution in [0.25, 0.3) is 0 Å². The number of carbonyl (C=O) groups is 3. The van der Waals surface area contributed by atoms with E-state index in [2.05, 4.69) is 5.32 Å². The lowest BCUT2D eigenvalue weighted by molar-refractivity contribution is -0.140. The quantitative estimate of drug-likeness (QED) is 0.855. The minimum atomic E-state index is -0.637. The number of amides is 3. The molecule has 2 heterocycles. The van der Waals surface area contributed by atoms with Gasteiger partial charge in [-0.15, -0.1) is 0 Å². The first-order chi connectivity index (χ1) is 13.1. The minimum Gasteiger partial charge on any atom is -0.445 e. The summed E-state index contributed by atoms with van der Waals surface area (Å²) in [5.74, 6) is -0.204. The first-order valence-corrected chi connectivity index (χ1v) is 9.67. The van der Waals surface area contributed by atoms with Crippen molar-refractivity contribution in [2.24, 2.45) is 0 Å². The molecule has 2 saturated heterocycles. The predicted molar refractivity (Wildman–Crippen MR) is 99.8 cm³/mol. The Hall–Kier alpha value is -2.57. The van der Waals surface area contributed by atoms with Crippen molar-refractivity contribution in [2.75, 3.05) is 26.2 Å². The molecule has 0 saturated carbocycles. The van der Waals surface area contributed by atoms with Crippen LogP contribution in [-0.2, 0) is 20.9 Å². The summed E-state index contributed by atoms with van der Waals surface area (Å²) in [5.41, 5.74) is 0.887. The zero-order valence-corrected chi connectivity index (χ0v) is 15.6. The van der Waals surface area contributed by atoms with Gasteiger partial charge in [0.05, 0.1) is 6.54 Å². The van der Waals surface area contributed by atoms with Crippen molar-refractivity contribution < 1.29 is 19.1 Å². The number of hydrogen-bond acceptors (Lipinski definition) is 4. The molecule has 27 heavy (non-hydrogen) atoms. The Morgan fingerprint density at radius 1 is 1.04 bits per heavy atom. The molecule has 2 aliphatic rings. The largest absolute Gasteiger partial charge is 0.445 e. The van der Waals surface area contributed by atoms with Gasteiger partial charge in [-0.3, -0.25) is 9.59 Å². The summed E-state index contributed by atoms with van der Waals surface area (Å²) >= 11 is 0. The Morgan fingerprint density at radius 3 is 2.48 bits per heavy atom. The third kappa shape index (κ3) is 5.45. The van der Waals surface area contributed by atoms with Gasteiger partial charge in [0, 0.05) is 19.6 Å². The summed E-state index contributed by atoms with van der Waals surface area (Å²) < 4.78 is 5.22. The molecular formula is C20H27N3O4. The summed E-state index contributed by atoms with van der Waals surface area (Å²) in [7, 11) is 0. The van der Waals surface area contributed by atoms with Crippen LogP contribution in [-0.4, -0.2) is 59.9 Å². The number of likely N-dealkylation sites (tertiary alicyclic amines) is 2. The number of ether oxygens (including phenoxy) is 1. The number of carbonyl (C=O) groups excluding carboxylic acids is 3. The highest BCUT2D eigenvalue weighted by Crippen LogP contribution is 2.14. The second-order valence-corrected chi connectivity index (χ2v) is 7.10. The Balaban J connectivity index is 1.51. The number of alkyl carbamates (subject to hydrolysis) is 1. The third-order valence-corrected chi connectivity index (χ3v) is 5.07. The van der Waals surface area contributed by atoms with Crippen molar-refractivity contribution >= 4 is 17.9 Å². The molecule has 2 fully saturated rings. The molecule has 1 N–H and O–H groups in total. The maximum atomic E-state index is 12.8. The normalized spacial score (nSPS) is 20.3. The number of hydrogen-bond donors (Lipinski definition) is 1. The second-order valence-electron chi connectivity index (χ2n) is 7.10. The molecule has 0 aliphatic carbocycles. The van der Waals surface area contributed by atoms with E-state index in [1.54, 1.807) is 4.90 Å². The number of nitrogens with zero attached hydrogens (tertiary/aromatic N) is 2. The average molecular weight is 373 g/mol. The molecule has 7 nitrogen and oxygen atoms in total. The lowest BCUT2D eigenvalue weighted by atomic mass is 10.1. The molecule has 3 amide bonds. The van der Waals surface area contributed by atoms with Crippen molar-refractivity contribution in [3.63, 3.8) is 0 Å². The predicted octanol–water partition coefficient (Wildman–Crippen LogP) is 1.92. The van der Waals surface area contributed by atoms with Crippen molar-refractivity contribution in [1.82, 2.24) is 15.1 Å². The first-order valence-electron chi connectivity index (χ1n) is 9.67. The van der Waals surface area contributed by atoms with Crippen LogP contribution in [0.5, 0.6) is 0 Å². The number of benzene rings is 1. The monoisotopic (exact) mass is 373 g/mol. The molecule has 0 spiro atoms.